The molecule has 0 amide bonds. The Labute approximate surface area is 200 Å². The highest BCUT2D eigenvalue weighted by Crippen LogP contribution is 2.28. The molecular weight excluding hydrogens is 463 g/mol. The van der Waals surface area contributed by atoms with Gasteiger partial charge in [0.15, 0.2) is 5.78 Å². The zero-order valence-corrected chi connectivity index (χ0v) is 21.4. The van der Waals surface area contributed by atoms with Gasteiger partial charge in [0.2, 0.25) is 10.0 Å². The molecular formula is C24H33FN2O6S. The van der Waals surface area contributed by atoms with Crippen molar-refractivity contribution in [3.63, 3.8) is 0 Å². The number of sulfonamides is 1. The van der Waals surface area contributed by atoms with E-state index in [1.165, 1.54) is 26.2 Å². The van der Waals surface area contributed by atoms with Crippen LogP contribution in [-0.4, -0.2) is 62.0 Å². The van der Waals surface area contributed by atoms with Crippen molar-refractivity contribution < 1.29 is 31.9 Å². The third kappa shape index (κ3) is 5.56. The van der Waals surface area contributed by atoms with Crippen molar-refractivity contribution >= 4 is 21.8 Å². The molecule has 0 N–H and O–H groups in total. The van der Waals surface area contributed by atoms with Crippen LogP contribution in [0.5, 0.6) is 0 Å². The predicted octanol–water partition coefficient (Wildman–Crippen LogP) is 3.74. The number of esters is 1. The Morgan fingerprint density at radius 3 is 2.29 bits per heavy atom. The van der Waals surface area contributed by atoms with Crippen LogP contribution in [0.3, 0.4) is 0 Å². The molecule has 188 valence electrons. The maximum absolute atomic E-state index is 13.7. The van der Waals surface area contributed by atoms with Crippen molar-refractivity contribution in [2.75, 3.05) is 26.9 Å². The van der Waals surface area contributed by atoms with Crippen molar-refractivity contribution in [2.24, 2.45) is 0 Å². The first kappa shape index (κ1) is 27.7. The van der Waals surface area contributed by atoms with E-state index in [0.29, 0.717) is 43.0 Å². The molecule has 0 aliphatic rings. The van der Waals surface area contributed by atoms with Crippen LogP contribution in [0.1, 0.15) is 59.3 Å². The van der Waals surface area contributed by atoms with Gasteiger partial charge in [-0.25, -0.2) is 17.6 Å². The number of carbonyl (C=O) groups excluding carboxylic acids is 2. The minimum absolute atomic E-state index is 0.0308. The van der Waals surface area contributed by atoms with Crippen LogP contribution < -0.4 is 0 Å². The second-order valence-corrected chi connectivity index (χ2v) is 9.72. The smallest absolute Gasteiger partial charge is 0.354 e. The standard InChI is InChI=1S/C24H33FN2O6S/c1-7-26-17(4)21(16(3)22(26)24(29)32-6)23(28)18(5)27(14-9-15-33-8-2)34(30,31)20-12-10-19(25)11-13-20/h10-13,18H,7-9,14-15H2,1-6H3. The van der Waals surface area contributed by atoms with Crippen LogP contribution in [0.15, 0.2) is 29.2 Å². The number of ether oxygens (including phenoxy) is 2. The number of rotatable bonds is 12. The quantitative estimate of drug-likeness (QED) is 0.252. The molecule has 0 aliphatic heterocycles. The van der Waals surface area contributed by atoms with Gasteiger partial charge >= 0.3 is 5.97 Å². The van der Waals surface area contributed by atoms with Crippen molar-refractivity contribution in [1.29, 1.82) is 0 Å². The molecule has 2 rings (SSSR count). The Morgan fingerprint density at radius 2 is 1.76 bits per heavy atom. The number of hydrogen-bond donors (Lipinski definition) is 0. The number of carbonyl (C=O) groups is 2. The van der Waals surface area contributed by atoms with Crippen molar-refractivity contribution in [1.82, 2.24) is 8.87 Å². The predicted molar refractivity (Wildman–Crippen MR) is 126 cm³/mol. The molecule has 1 unspecified atom stereocenters. The summed E-state index contributed by atoms with van der Waals surface area (Å²) in [5, 5.41) is 0. The van der Waals surface area contributed by atoms with Crippen LogP contribution in [0.2, 0.25) is 0 Å². The Kier molecular flexibility index (Phi) is 9.54. The number of halogens is 1. The second-order valence-electron chi connectivity index (χ2n) is 7.83. The van der Waals surface area contributed by atoms with Gasteiger partial charge < -0.3 is 14.0 Å². The third-order valence-corrected chi connectivity index (χ3v) is 7.80. The molecule has 1 heterocycles. The van der Waals surface area contributed by atoms with Gasteiger partial charge in [-0.2, -0.15) is 4.31 Å². The fourth-order valence-corrected chi connectivity index (χ4v) is 5.72. The topological polar surface area (TPSA) is 94.9 Å². The van der Waals surface area contributed by atoms with Crippen molar-refractivity contribution in [3.05, 3.63) is 52.6 Å². The van der Waals surface area contributed by atoms with E-state index >= 15 is 0 Å². The first-order chi connectivity index (χ1) is 16.0. The molecule has 1 aromatic heterocycles. The normalized spacial score (nSPS) is 12.7. The first-order valence-electron chi connectivity index (χ1n) is 11.2. The number of benzene rings is 1. The summed E-state index contributed by atoms with van der Waals surface area (Å²) >= 11 is 0. The van der Waals surface area contributed by atoms with Crippen LogP contribution in [0.25, 0.3) is 0 Å². The average Bonchev–Trinajstić information content (AvgIpc) is 3.06. The highest BCUT2D eigenvalue weighted by atomic mass is 32.2. The Hall–Kier alpha value is -2.56. The van der Waals surface area contributed by atoms with E-state index in [-0.39, 0.29) is 17.1 Å². The summed E-state index contributed by atoms with van der Waals surface area (Å²) in [5.74, 6) is -1.57. The minimum atomic E-state index is -4.12. The lowest BCUT2D eigenvalue weighted by atomic mass is 10.0. The molecule has 0 fully saturated rings. The van der Waals surface area contributed by atoms with Crippen LogP contribution in [0.4, 0.5) is 4.39 Å². The van der Waals surface area contributed by atoms with Crippen LogP contribution >= 0.6 is 0 Å². The molecule has 0 saturated carbocycles. The highest BCUT2D eigenvalue weighted by Gasteiger charge is 2.36. The summed E-state index contributed by atoms with van der Waals surface area (Å²) in [4.78, 5) is 25.9. The van der Waals surface area contributed by atoms with Gasteiger partial charge in [0, 0.05) is 37.6 Å². The van der Waals surface area contributed by atoms with Crippen molar-refractivity contribution in [3.8, 4) is 0 Å². The van der Waals surface area contributed by atoms with E-state index in [1.807, 2.05) is 13.8 Å². The maximum atomic E-state index is 13.7. The van der Waals surface area contributed by atoms with Gasteiger partial charge in [0.1, 0.15) is 11.5 Å². The van der Waals surface area contributed by atoms with Gasteiger partial charge in [0.25, 0.3) is 0 Å². The highest BCUT2D eigenvalue weighted by molar-refractivity contribution is 7.89. The molecule has 0 bridgehead atoms. The fourth-order valence-electron chi connectivity index (χ4n) is 4.08. The number of methoxy groups -OCH3 is 1. The number of hydrogen-bond acceptors (Lipinski definition) is 6. The van der Waals surface area contributed by atoms with Gasteiger partial charge in [-0.1, -0.05) is 0 Å². The van der Waals surface area contributed by atoms with Gasteiger partial charge in [0.05, 0.1) is 18.0 Å². The molecule has 1 aromatic carbocycles. The van der Waals surface area contributed by atoms with E-state index < -0.39 is 33.6 Å². The lowest BCUT2D eigenvalue weighted by Gasteiger charge is -2.28. The Bertz CT molecular complexity index is 1130. The molecule has 8 nitrogen and oxygen atoms in total. The summed E-state index contributed by atoms with van der Waals surface area (Å²) in [6.07, 6.45) is 0.368. The van der Waals surface area contributed by atoms with Gasteiger partial charge in [-0.3, -0.25) is 4.79 Å². The summed E-state index contributed by atoms with van der Waals surface area (Å²) in [6, 6.07) is 3.41. The van der Waals surface area contributed by atoms with Crippen molar-refractivity contribution in [2.45, 2.75) is 58.5 Å². The molecule has 0 aliphatic carbocycles. The SMILES string of the molecule is CCOCCCN(C(C)C(=O)c1c(C)c(C(=O)OC)n(CC)c1C)S(=O)(=O)c1ccc(F)cc1. The number of ketones is 1. The molecule has 2 aromatic rings. The summed E-state index contributed by atoms with van der Waals surface area (Å²) in [5.41, 5.74) is 1.56. The first-order valence-corrected chi connectivity index (χ1v) is 12.6. The maximum Gasteiger partial charge on any atom is 0.354 e. The molecule has 0 spiro atoms. The molecule has 0 saturated heterocycles. The fraction of sp³-hybridized carbons (Fsp3) is 0.500. The third-order valence-electron chi connectivity index (χ3n) is 5.81. The lowest BCUT2D eigenvalue weighted by molar-refractivity contribution is 0.0587. The summed E-state index contributed by atoms with van der Waals surface area (Å²) < 4.78 is 53.4. The molecule has 10 heteroatoms. The number of aromatic nitrogens is 1. The Morgan fingerprint density at radius 1 is 1.15 bits per heavy atom. The largest absolute Gasteiger partial charge is 0.464 e. The molecule has 1 atom stereocenters. The number of Topliss-reactive ketones (excluding diaryl/α,β-unsaturated/α-hetero) is 1. The van der Waals surface area contributed by atoms with Gasteiger partial charge in [-0.05, 0) is 70.9 Å². The molecule has 34 heavy (non-hydrogen) atoms. The minimum Gasteiger partial charge on any atom is -0.464 e. The van der Waals surface area contributed by atoms with E-state index in [0.717, 1.165) is 16.4 Å². The summed E-state index contributed by atoms with van der Waals surface area (Å²) in [7, 11) is -2.85. The second kappa shape index (κ2) is 11.7. The van der Waals surface area contributed by atoms with Crippen LogP contribution in [-0.2, 0) is 26.0 Å². The van der Waals surface area contributed by atoms with E-state index in [2.05, 4.69) is 0 Å². The zero-order chi connectivity index (χ0) is 25.6. The number of nitrogens with zero attached hydrogens (tertiary/aromatic N) is 2. The zero-order valence-electron chi connectivity index (χ0n) is 20.6. The van der Waals surface area contributed by atoms with Crippen LogP contribution in [0, 0.1) is 19.7 Å². The Balaban J connectivity index is 2.54. The monoisotopic (exact) mass is 496 g/mol. The van der Waals surface area contributed by atoms with Gasteiger partial charge in [-0.15, -0.1) is 0 Å². The van der Waals surface area contributed by atoms with E-state index in [4.69, 9.17) is 9.47 Å². The average molecular weight is 497 g/mol. The van der Waals surface area contributed by atoms with E-state index in [9.17, 15) is 22.4 Å². The summed E-state index contributed by atoms with van der Waals surface area (Å²) in [6.45, 7) is 9.84. The lowest BCUT2D eigenvalue weighted by Crippen LogP contribution is -2.44. The van der Waals surface area contributed by atoms with E-state index in [1.54, 1.807) is 18.4 Å². The molecule has 0 radical (unpaired) electrons.